The number of nitrogens with zero attached hydrogens (tertiary/aromatic N) is 2. The van der Waals surface area contributed by atoms with Gasteiger partial charge in [-0.3, -0.25) is 15.5 Å². The van der Waals surface area contributed by atoms with Crippen LogP contribution in [-0.4, -0.2) is 23.4 Å². The Labute approximate surface area is 138 Å². The van der Waals surface area contributed by atoms with Crippen LogP contribution in [0.15, 0.2) is 53.6 Å². The lowest BCUT2D eigenvalue weighted by Crippen LogP contribution is -2.24. The van der Waals surface area contributed by atoms with Crippen molar-refractivity contribution in [3.63, 3.8) is 0 Å². The van der Waals surface area contributed by atoms with Gasteiger partial charge in [0, 0.05) is 6.07 Å². The SMILES string of the molecule is COc1ccccc1NC(=S)NN=Cc1ccccc1[N+](=O)[O-]. The van der Waals surface area contributed by atoms with Gasteiger partial charge in [0.25, 0.3) is 5.69 Å². The number of nitro groups is 1. The Bertz CT molecular complexity index is 749. The molecule has 0 saturated heterocycles. The van der Waals surface area contributed by atoms with Crippen LogP contribution < -0.4 is 15.5 Å². The van der Waals surface area contributed by atoms with E-state index in [9.17, 15) is 10.1 Å². The van der Waals surface area contributed by atoms with Gasteiger partial charge in [0.2, 0.25) is 0 Å². The van der Waals surface area contributed by atoms with Crippen LogP contribution in [0.25, 0.3) is 0 Å². The second-order valence-electron chi connectivity index (χ2n) is 4.34. The highest BCUT2D eigenvalue weighted by Crippen LogP contribution is 2.22. The fourth-order valence-electron chi connectivity index (χ4n) is 1.82. The zero-order valence-electron chi connectivity index (χ0n) is 12.2. The molecular weight excluding hydrogens is 316 g/mol. The Morgan fingerprint density at radius 2 is 1.96 bits per heavy atom. The molecule has 0 aliphatic rings. The summed E-state index contributed by atoms with van der Waals surface area (Å²) in [6.07, 6.45) is 1.34. The topological polar surface area (TPSA) is 88.8 Å². The van der Waals surface area contributed by atoms with Crippen molar-refractivity contribution in [3.05, 3.63) is 64.2 Å². The standard InChI is InChI=1S/C15H14N4O3S/c1-22-14-9-5-3-7-12(14)17-15(23)18-16-10-11-6-2-4-8-13(11)19(20)21/h2-10H,1H3,(H2,17,18,23). The van der Waals surface area contributed by atoms with Crippen LogP contribution >= 0.6 is 12.2 Å². The second kappa shape index (κ2) is 7.85. The summed E-state index contributed by atoms with van der Waals surface area (Å²) in [5, 5.41) is 18.0. The molecule has 0 aliphatic heterocycles. The molecule has 23 heavy (non-hydrogen) atoms. The molecular formula is C15H14N4O3S. The summed E-state index contributed by atoms with van der Waals surface area (Å²) < 4.78 is 5.20. The zero-order valence-corrected chi connectivity index (χ0v) is 13.0. The Balaban J connectivity index is 2.01. The van der Waals surface area contributed by atoms with Crippen LogP contribution in [0.3, 0.4) is 0 Å². The van der Waals surface area contributed by atoms with Crippen molar-refractivity contribution in [2.24, 2.45) is 5.10 Å². The number of hydrazone groups is 1. The molecule has 7 nitrogen and oxygen atoms in total. The van der Waals surface area contributed by atoms with Gasteiger partial charge >= 0.3 is 0 Å². The Hall–Kier alpha value is -3.00. The highest BCUT2D eigenvalue weighted by Gasteiger charge is 2.10. The number of hydrogen-bond donors (Lipinski definition) is 2. The van der Waals surface area contributed by atoms with Crippen LogP contribution in [0.5, 0.6) is 5.75 Å². The lowest BCUT2D eigenvalue weighted by Gasteiger charge is -2.10. The number of benzene rings is 2. The maximum absolute atomic E-state index is 10.9. The normalized spacial score (nSPS) is 10.3. The predicted molar refractivity (Wildman–Crippen MR) is 93.0 cm³/mol. The largest absolute Gasteiger partial charge is 0.495 e. The molecule has 0 aromatic heterocycles. The van der Waals surface area contributed by atoms with Crippen LogP contribution in [-0.2, 0) is 0 Å². The van der Waals surface area contributed by atoms with E-state index in [-0.39, 0.29) is 10.8 Å². The third kappa shape index (κ3) is 4.48. The number of rotatable bonds is 5. The number of nitro benzene ring substituents is 1. The number of nitrogens with one attached hydrogen (secondary N) is 2. The number of methoxy groups -OCH3 is 1. The predicted octanol–water partition coefficient (Wildman–Crippen LogP) is 2.92. The van der Waals surface area contributed by atoms with E-state index in [4.69, 9.17) is 17.0 Å². The van der Waals surface area contributed by atoms with Crippen molar-refractivity contribution >= 4 is 34.9 Å². The summed E-state index contributed by atoms with van der Waals surface area (Å²) in [6.45, 7) is 0. The lowest BCUT2D eigenvalue weighted by molar-refractivity contribution is -0.385. The van der Waals surface area contributed by atoms with E-state index in [1.54, 1.807) is 37.4 Å². The Morgan fingerprint density at radius 1 is 1.26 bits per heavy atom. The van der Waals surface area contributed by atoms with E-state index in [1.165, 1.54) is 12.3 Å². The van der Waals surface area contributed by atoms with Crippen molar-refractivity contribution in [1.29, 1.82) is 0 Å². The Kier molecular flexibility index (Phi) is 5.59. The minimum Gasteiger partial charge on any atom is -0.495 e. The number of anilines is 1. The monoisotopic (exact) mass is 330 g/mol. The fourth-order valence-corrected chi connectivity index (χ4v) is 1.98. The molecule has 0 amide bonds. The van der Waals surface area contributed by atoms with E-state index >= 15 is 0 Å². The summed E-state index contributed by atoms with van der Waals surface area (Å²) in [4.78, 5) is 10.4. The zero-order chi connectivity index (χ0) is 16.7. The quantitative estimate of drug-likeness (QED) is 0.379. The molecule has 0 saturated carbocycles. The summed E-state index contributed by atoms with van der Waals surface area (Å²) in [6, 6.07) is 13.6. The third-order valence-corrected chi connectivity index (χ3v) is 3.05. The fraction of sp³-hybridized carbons (Fsp3) is 0.0667. The van der Waals surface area contributed by atoms with Crippen molar-refractivity contribution < 1.29 is 9.66 Å². The van der Waals surface area contributed by atoms with Crippen molar-refractivity contribution in [3.8, 4) is 5.75 Å². The minimum atomic E-state index is -0.466. The Morgan fingerprint density at radius 3 is 2.70 bits per heavy atom. The molecule has 0 bridgehead atoms. The maximum Gasteiger partial charge on any atom is 0.278 e. The van der Waals surface area contributed by atoms with Gasteiger partial charge in [-0.2, -0.15) is 5.10 Å². The first-order valence-corrected chi connectivity index (χ1v) is 6.99. The molecule has 2 aromatic carbocycles. The molecule has 0 radical (unpaired) electrons. The second-order valence-corrected chi connectivity index (χ2v) is 4.75. The highest BCUT2D eigenvalue weighted by molar-refractivity contribution is 7.80. The summed E-state index contributed by atoms with van der Waals surface area (Å²) in [5.41, 5.74) is 3.65. The van der Waals surface area contributed by atoms with Crippen LogP contribution in [0, 0.1) is 10.1 Å². The van der Waals surface area contributed by atoms with Gasteiger partial charge in [-0.15, -0.1) is 0 Å². The first-order valence-electron chi connectivity index (χ1n) is 6.58. The van der Waals surface area contributed by atoms with Crippen molar-refractivity contribution in [2.45, 2.75) is 0 Å². The molecule has 2 aromatic rings. The van der Waals surface area contributed by atoms with E-state index in [1.807, 2.05) is 12.1 Å². The third-order valence-electron chi connectivity index (χ3n) is 2.86. The number of hydrogen-bond acceptors (Lipinski definition) is 5. The number of ether oxygens (including phenoxy) is 1. The van der Waals surface area contributed by atoms with E-state index < -0.39 is 4.92 Å². The summed E-state index contributed by atoms with van der Waals surface area (Å²) in [7, 11) is 1.56. The van der Waals surface area contributed by atoms with Gasteiger partial charge in [-0.1, -0.05) is 24.3 Å². The molecule has 0 atom stereocenters. The van der Waals surface area contributed by atoms with Gasteiger partial charge in [0.05, 0.1) is 29.5 Å². The van der Waals surface area contributed by atoms with E-state index in [0.29, 0.717) is 17.0 Å². The van der Waals surface area contributed by atoms with Gasteiger partial charge in [-0.25, -0.2) is 0 Å². The van der Waals surface area contributed by atoms with Crippen LogP contribution in [0.1, 0.15) is 5.56 Å². The summed E-state index contributed by atoms with van der Waals surface area (Å²) in [5.74, 6) is 0.638. The van der Waals surface area contributed by atoms with Gasteiger partial charge in [0.15, 0.2) is 5.11 Å². The lowest BCUT2D eigenvalue weighted by atomic mass is 10.2. The first-order chi connectivity index (χ1) is 11.1. The average Bonchev–Trinajstić information content (AvgIpc) is 2.55. The average molecular weight is 330 g/mol. The molecule has 0 spiro atoms. The molecule has 0 aliphatic carbocycles. The summed E-state index contributed by atoms with van der Waals surface area (Å²) >= 11 is 5.12. The molecule has 8 heteroatoms. The van der Waals surface area contributed by atoms with Gasteiger partial charge in [0.1, 0.15) is 5.75 Å². The van der Waals surface area contributed by atoms with Crippen LogP contribution in [0.4, 0.5) is 11.4 Å². The molecule has 118 valence electrons. The maximum atomic E-state index is 10.9. The smallest absolute Gasteiger partial charge is 0.278 e. The molecule has 0 fully saturated rings. The molecule has 0 unspecified atom stereocenters. The van der Waals surface area contributed by atoms with Gasteiger partial charge < -0.3 is 10.1 Å². The molecule has 2 N–H and O–H groups in total. The number of para-hydroxylation sites is 3. The molecule has 0 heterocycles. The van der Waals surface area contributed by atoms with E-state index in [0.717, 1.165) is 0 Å². The minimum absolute atomic E-state index is 0.0262. The van der Waals surface area contributed by atoms with Gasteiger partial charge in [-0.05, 0) is 30.4 Å². The first kappa shape index (κ1) is 16.4. The molecule has 2 rings (SSSR count). The van der Waals surface area contributed by atoms with E-state index in [2.05, 4.69) is 15.8 Å². The number of thiocarbonyl (C=S) groups is 1. The van der Waals surface area contributed by atoms with Crippen molar-refractivity contribution in [2.75, 3.05) is 12.4 Å². The van der Waals surface area contributed by atoms with Crippen LogP contribution in [0.2, 0.25) is 0 Å². The highest BCUT2D eigenvalue weighted by atomic mass is 32.1. The van der Waals surface area contributed by atoms with Crippen molar-refractivity contribution in [1.82, 2.24) is 5.43 Å².